The first kappa shape index (κ1) is 22.1. The lowest BCUT2D eigenvalue weighted by Crippen LogP contribution is -2.37. The van der Waals surface area contributed by atoms with Crippen LogP contribution in [0, 0.1) is 6.92 Å². The van der Waals surface area contributed by atoms with Gasteiger partial charge in [0.05, 0.1) is 18.5 Å². The van der Waals surface area contributed by atoms with Gasteiger partial charge in [-0.15, -0.1) is 11.8 Å². The molecule has 0 spiro atoms. The van der Waals surface area contributed by atoms with Crippen LogP contribution in [0.4, 0.5) is 5.69 Å². The number of hydrogen-bond acceptors (Lipinski definition) is 4. The highest BCUT2D eigenvalue weighted by Crippen LogP contribution is 2.22. The third-order valence-corrected chi connectivity index (χ3v) is 5.36. The van der Waals surface area contributed by atoms with Crippen molar-refractivity contribution in [3.8, 4) is 0 Å². The van der Waals surface area contributed by atoms with Crippen molar-refractivity contribution in [3.05, 3.63) is 59.2 Å². The molecule has 0 saturated heterocycles. The topological polar surface area (TPSA) is 82.6 Å². The van der Waals surface area contributed by atoms with E-state index >= 15 is 0 Å². The van der Waals surface area contributed by atoms with Crippen LogP contribution in [0.2, 0.25) is 0 Å². The number of rotatable bonds is 8. The van der Waals surface area contributed by atoms with Crippen molar-refractivity contribution < 1.29 is 8.42 Å². The van der Waals surface area contributed by atoms with Crippen LogP contribution in [0.3, 0.4) is 0 Å². The van der Waals surface area contributed by atoms with Crippen LogP contribution in [-0.4, -0.2) is 33.4 Å². The number of benzene rings is 2. The van der Waals surface area contributed by atoms with Crippen molar-refractivity contribution >= 4 is 33.4 Å². The lowest BCUT2D eigenvalue weighted by molar-refractivity contribution is 0.606. The fourth-order valence-corrected chi connectivity index (χ4v) is 3.94. The molecule has 0 heterocycles. The van der Waals surface area contributed by atoms with Gasteiger partial charge in [0, 0.05) is 18.0 Å². The Morgan fingerprint density at radius 3 is 2.54 bits per heavy atom. The molecule has 6 nitrogen and oxygen atoms in total. The Bertz CT molecular complexity index is 928. The van der Waals surface area contributed by atoms with Crippen molar-refractivity contribution in [1.82, 2.24) is 10.6 Å². The van der Waals surface area contributed by atoms with Gasteiger partial charge in [0.2, 0.25) is 10.0 Å². The first-order chi connectivity index (χ1) is 13.3. The maximum atomic E-state index is 11.6. The molecule has 0 bridgehead atoms. The number of guanidine groups is 1. The van der Waals surface area contributed by atoms with Crippen molar-refractivity contribution in [2.75, 3.05) is 23.8 Å². The van der Waals surface area contributed by atoms with Crippen molar-refractivity contribution in [2.45, 2.75) is 31.8 Å². The van der Waals surface area contributed by atoms with Gasteiger partial charge in [-0.3, -0.25) is 4.72 Å². The summed E-state index contributed by atoms with van der Waals surface area (Å²) >= 11 is 1.72. The smallest absolute Gasteiger partial charge is 0.229 e. The second-order valence-electron chi connectivity index (χ2n) is 6.40. The van der Waals surface area contributed by atoms with Crippen LogP contribution in [0.25, 0.3) is 0 Å². The van der Waals surface area contributed by atoms with Gasteiger partial charge in [-0.1, -0.05) is 30.3 Å². The fraction of sp³-hybridized carbons (Fsp3) is 0.350. The van der Waals surface area contributed by atoms with E-state index in [4.69, 9.17) is 0 Å². The molecule has 0 atom stereocenters. The van der Waals surface area contributed by atoms with Gasteiger partial charge in [0.1, 0.15) is 0 Å². The number of thioether (sulfide) groups is 1. The number of hydrogen-bond donors (Lipinski definition) is 3. The zero-order valence-electron chi connectivity index (χ0n) is 16.7. The second-order valence-corrected chi connectivity index (χ2v) is 8.99. The highest BCUT2D eigenvalue weighted by atomic mass is 32.2. The summed E-state index contributed by atoms with van der Waals surface area (Å²) in [4.78, 5) is 5.91. The van der Waals surface area contributed by atoms with E-state index in [1.807, 2.05) is 19.1 Å². The second kappa shape index (κ2) is 10.4. The normalized spacial score (nSPS) is 11.9. The molecule has 28 heavy (non-hydrogen) atoms. The van der Waals surface area contributed by atoms with Gasteiger partial charge in [-0.05, 0) is 48.9 Å². The summed E-state index contributed by atoms with van der Waals surface area (Å²) in [5.74, 6) is 0.685. The maximum absolute atomic E-state index is 11.6. The number of sulfonamides is 1. The minimum Gasteiger partial charge on any atom is -0.357 e. The van der Waals surface area contributed by atoms with E-state index in [1.54, 1.807) is 23.9 Å². The third kappa shape index (κ3) is 7.09. The summed E-state index contributed by atoms with van der Waals surface area (Å²) < 4.78 is 25.7. The summed E-state index contributed by atoms with van der Waals surface area (Å²) in [5, 5.41) is 6.51. The average molecular weight is 421 g/mol. The zero-order chi connectivity index (χ0) is 20.6. The molecule has 0 aliphatic rings. The van der Waals surface area contributed by atoms with E-state index in [1.165, 1.54) is 16.0 Å². The van der Waals surface area contributed by atoms with Gasteiger partial charge in [0.15, 0.2) is 5.96 Å². The fourth-order valence-electron chi connectivity index (χ4n) is 2.64. The SMILES string of the molecule is CCNC(=NCc1ccc(C)cc1SC)NCc1ccccc1NS(C)(=O)=O. The largest absolute Gasteiger partial charge is 0.357 e. The predicted molar refractivity (Wildman–Crippen MR) is 120 cm³/mol. The van der Waals surface area contributed by atoms with E-state index in [0.29, 0.717) is 24.7 Å². The van der Waals surface area contributed by atoms with Crippen LogP contribution >= 0.6 is 11.8 Å². The third-order valence-electron chi connectivity index (χ3n) is 3.95. The molecule has 0 aromatic heterocycles. The summed E-state index contributed by atoms with van der Waals surface area (Å²) in [6.45, 7) is 5.84. The van der Waals surface area contributed by atoms with Crippen molar-refractivity contribution in [2.24, 2.45) is 4.99 Å². The highest BCUT2D eigenvalue weighted by molar-refractivity contribution is 7.98. The van der Waals surface area contributed by atoms with Gasteiger partial charge in [-0.25, -0.2) is 13.4 Å². The van der Waals surface area contributed by atoms with Crippen LogP contribution in [0.5, 0.6) is 0 Å². The van der Waals surface area contributed by atoms with Gasteiger partial charge in [0.25, 0.3) is 0 Å². The van der Waals surface area contributed by atoms with Gasteiger partial charge in [-0.2, -0.15) is 0 Å². The molecule has 0 unspecified atom stereocenters. The lowest BCUT2D eigenvalue weighted by atomic mass is 10.1. The summed E-state index contributed by atoms with van der Waals surface area (Å²) in [5.41, 5.74) is 3.82. The summed E-state index contributed by atoms with van der Waals surface area (Å²) in [7, 11) is -3.33. The van der Waals surface area contributed by atoms with E-state index < -0.39 is 10.0 Å². The van der Waals surface area contributed by atoms with Crippen molar-refractivity contribution in [3.63, 3.8) is 0 Å². The monoisotopic (exact) mass is 420 g/mol. The molecule has 8 heteroatoms. The molecule has 2 aromatic carbocycles. The van der Waals surface area contributed by atoms with E-state index in [0.717, 1.165) is 18.4 Å². The molecule has 0 aliphatic heterocycles. The van der Waals surface area contributed by atoms with Crippen molar-refractivity contribution in [1.29, 1.82) is 0 Å². The number of para-hydroxylation sites is 1. The quantitative estimate of drug-likeness (QED) is 0.347. The molecule has 0 amide bonds. The van der Waals surface area contributed by atoms with E-state index in [-0.39, 0.29) is 0 Å². The number of nitrogens with one attached hydrogen (secondary N) is 3. The maximum Gasteiger partial charge on any atom is 0.229 e. The van der Waals surface area contributed by atoms with Crippen LogP contribution in [0.1, 0.15) is 23.6 Å². The first-order valence-electron chi connectivity index (χ1n) is 9.03. The molecule has 0 radical (unpaired) electrons. The standard InChI is InChI=1S/C20H28N4O2S2/c1-5-21-20(23-14-17-11-10-15(2)12-19(17)27-3)22-13-16-8-6-7-9-18(16)24-28(4,25)26/h6-12,24H,5,13-14H2,1-4H3,(H2,21,22,23). The number of anilines is 1. The van der Waals surface area contributed by atoms with E-state index in [2.05, 4.69) is 51.7 Å². The highest BCUT2D eigenvalue weighted by Gasteiger charge is 2.08. The molecule has 0 saturated carbocycles. The van der Waals surface area contributed by atoms with Crippen LogP contribution < -0.4 is 15.4 Å². The zero-order valence-corrected chi connectivity index (χ0v) is 18.4. The minimum absolute atomic E-state index is 0.452. The minimum atomic E-state index is -3.33. The first-order valence-corrected chi connectivity index (χ1v) is 12.2. The van der Waals surface area contributed by atoms with Gasteiger partial charge < -0.3 is 10.6 Å². The molecule has 2 rings (SSSR count). The molecule has 0 aliphatic carbocycles. The van der Waals surface area contributed by atoms with Crippen LogP contribution in [-0.2, 0) is 23.1 Å². The number of aryl methyl sites for hydroxylation is 1. The molecular formula is C20H28N4O2S2. The molecular weight excluding hydrogens is 392 g/mol. The summed E-state index contributed by atoms with van der Waals surface area (Å²) in [6, 6.07) is 13.7. The van der Waals surface area contributed by atoms with Crippen LogP contribution in [0.15, 0.2) is 52.4 Å². The Morgan fingerprint density at radius 2 is 1.86 bits per heavy atom. The van der Waals surface area contributed by atoms with E-state index in [9.17, 15) is 8.42 Å². The lowest BCUT2D eigenvalue weighted by Gasteiger charge is -2.15. The Balaban J connectivity index is 2.13. The summed E-state index contributed by atoms with van der Waals surface area (Å²) in [6.07, 6.45) is 3.21. The Morgan fingerprint density at radius 1 is 1.11 bits per heavy atom. The molecule has 3 N–H and O–H groups in total. The predicted octanol–water partition coefficient (Wildman–Crippen LogP) is 3.34. The molecule has 0 fully saturated rings. The Labute approximate surface area is 172 Å². The average Bonchev–Trinajstić information content (AvgIpc) is 2.64. The number of aliphatic imine (C=N–C) groups is 1. The molecule has 152 valence electrons. The molecule has 2 aromatic rings. The number of nitrogens with zero attached hydrogens (tertiary/aromatic N) is 1. The Hall–Kier alpha value is -2.19. The van der Waals surface area contributed by atoms with Gasteiger partial charge >= 0.3 is 0 Å². The Kier molecular flexibility index (Phi) is 8.19.